The highest BCUT2D eigenvalue weighted by molar-refractivity contribution is 7.25. The van der Waals surface area contributed by atoms with Crippen molar-refractivity contribution in [2.45, 2.75) is 10.8 Å². The molecule has 2 aliphatic rings. The highest BCUT2D eigenvalue weighted by atomic mass is 32.1. The van der Waals surface area contributed by atoms with Gasteiger partial charge in [-0.25, -0.2) is 0 Å². The normalized spacial score (nSPS) is 13.4. The first-order valence-electron chi connectivity index (χ1n) is 42.7. The van der Waals surface area contributed by atoms with Crippen molar-refractivity contribution in [3.8, 4) is 77.9 Å². The lowest BCUT2D eigenvalue weighted by Gasteiger charge is -2.34. The largest absolute Gasteiger partial charge is 0.456 e. The van der Waals surface area contributed by atoms with Crippen molar-refractivity contribution in [1.82, 2.24) is 0 Å². The molecule has 20 aromatic carbocycles. The second kappa shape index (κ2) is 30.8. The number of benzene rings is 20. The van der Waals surface area contributed by atoms with E-state index in [-0.39, 0.29) is 0 Å². The van der Waals surface area contributed by atoms with Crippen LogP contribution in [0.2, 0.25) is 0 Å². The van der Waals surface area contributed by atoms with Crippen LogP contribution in [0.3, 0.4) is 0 Å². The number of nitrogens with zero attached hydrogens (tertiary/aromatic N) is 2. The van der Waals surface area contributed by atoms with Gasteiger partial charge in [0, 0.05) is 54.0 Å². The Morgan fingerprint density at radius 2 is 0.565 bits per heavy atom. The summed E-state index contributed by atoms with van der Waals surface area (Å²) in [4.78, 5) is 4.77. The van der Waals surface area contributed by atoms with Crippen LogP contribution in [0.15, 0.2) is 490 Å². The summed E-state index contributed by atoms with van der Waals surface area (Å²) in [5.41, 5.74) is 34.4. The summed E-state index contributed by atoms with van der Waals surface area (Å²) in [5, 5.41) is 7.22. The maximum absolute atomic E-state index is 6.82. The van der Waals surface area contributed by atoms with E-state index in [0.717, 1.165) is 61.6 Å². The molecule has 0 bridgehead atoms. The van der Waals surface area contributed by atoms with E-state index >= 15 is 0 Å². The molecular weight excluding hydrogens is 1520 g/mol. The van der Waals surface area contributed by atoms with Gasteiger partial charge in [0.1, 0.15) is 11.2 Å². The van der Waals surface area contributed by atoms with Gasteiger partial charge in [0.15, 0.2) is 0 Å². The second-order valence-corrected chi connectivity index (χ2v) is 33.6. The molecule has 0 saturated carbocycles. The number of rotatable bonds is 15. The molecule has 24 rings (SSSR count). The first-order valence-corrected chi connectivity index (χ1v) is 43.5. The Bertz CT molecular complexity index is 7730. The number of fused-ring (bicyclic) bond motifs is 13. The molecule has 1 atom stereocenters. The number of hydrogen-bond donors (Lipinski definition) is 0. The van der Waals surface area contributed by atoms with Crippen LogP contribution in [0.25, 0.3) is 131 Å². The van der Waals surface area contributed by atoms with Crippen molar-refractivity contribution in [2.24, 2.45) is 0 Å². The van der Waals surface area contributed by atoms with Gasteiger partial charge in [-0.05, 0) is 242 Å². The summed E-state index contributed by atoms with van der Waals surface area (Å²) in [6.07, 6.45) is 0. The van der Waals surface area contributed by atoms with Gasteiger partial charge in [-0.2, -0.15) is 0 Å². The molecule has 124 heavy (non-hydrogen) atoms. The molecule has 0 saturated heterocycles. The highest BCUT2D eigenvalue weighted by Crippen LogP contribution is 2.60. The number of para-hydroxylation sites is 1. The van der Waals surface area contributed by atoms with Gasteiger partial charge in [-0.3, -0.25) is 0 Å². The van der Waals surface area contributed by atoms with Crippen LogP contribution in [0.4, 0.5) is 34.1 Å². The topological polar surface area (TPSA) is 19.6 Å². The first-order chi connectivity index (χ1) is 61.5. The predicted molar refractivity (Wildman–Crippen MR) is 522 cm³/mol. The van der Waals surface area contributed by atoms with E-state index in [1.54, 1.807) is 0 Å². The summed E-state index contributed by atoms with van der Waals surface area (Å²) in [7, 11) is 0. The van der Waals surface area contributed by atoms with E-state index in [1.165, 1.54) is 148 Å². The van der Waals surface area contributed by atoms with Gasteiger partial charge < -0.3 is 14.2 Å². The molecule has 0 N–H and O–H groups in total. The SMILES string of the molecule is c1ccc(-c2ccc(N(c3cccc(-c4ccccc4)c3)c3cccc4oc5ccc(C6(c7ccc(-c8ccccc8)cc7)c7ccccc7-c7ccccc76)cc5c34)cc2)cc1.c1ccc(-c2cccc(N(c3ccccc3)c3ccc4c(c3)sc3cc(C5(c6cccc(-c7ccccc7)c6)c6ccccc6-c6cc7ccccc7cc65)ccc34)c2)cc1. The minimum absolute atomic E-state index is 0.538. The summed E-state index contributed by atoms with van der Waals surface area (Å²) in [5.74, 6) is 0. The molecule has 1 unspecified atom stereocenters. The molecule has 2 aromatic heterocycles. The van der Waals surface area contributed by atoms with Gasteiger partial charge in [-0.15, -0.1) is 11.3 Å². The van der Waals surface area contributed by atoms with E-state index in [1.807, 2.05) is 11.3 Å². The lowest BCUT2D eigenvalue weighted by Crippen LogP contribution is -2.28. The highest BCUT2D eigenvalue weighted by Gasteiger charge is 2.48. The van der Waals surface area contributed by atoms with E-state index in [4.69, 9.17) is 4.42 Å². The summed E-state index contributed by atoms with van der Waals surface area (Å²) in [6.45, 7) is 0. The Labute approximate surface area is 725 Å². The van der Waals surface area contributed by atoms with E-state index in [9.17, 15) is 0 Å². The maximum Gasteiger partial charge on any atom is 0.137 e. The number of anilines is 6. The van der Waals surface area contributed by atoms with Crippen molar-refractivity contribution in [2.75, 3.05) is 9.80 Å². The van der Waals surface area contributed by atoms with Gasteiger partial charge >= 0.3 is 0 Å². The van der Waals surface area contributed by atoms with Crippen molar-refractivity contribution in [1.29, 1.82) is 0 Å². The maximum atomic E-state index is 6.82. The third kappa shape index (κ3) is 12.5. The molecule has 4 heteroatoms. The first kappa shape index (κ1) is 73.4. The van der Waals surface area contributed by atoms with E-state index < -0.39 is 10.8 Å². The van der Waals surface area contributed by atoms with Gasteiger partial charge in [-0.1, -0.05) is 376 Å². The number of furan rings is 1. The Hall–Kier alpha value is -15.7. The Balaban J connectivity index is 0.000000143. The Morgan fingerprint density at radius 1 is 0.194 bits per heavy atom. The fourth-order valence-electron chi connectivity index (χ4n) is 20.0. The standard InChI is InChI=1S/C61H41NO.C59H39NS/c1-4-16-42(17-5-1)45-30-34-48(35-31-45)61(55-26-12-10-24-52(55)53-25-11-13-27-56(53)61)49-36-39-58-54(41-49)60-57(28-15-29-59(60)63-58)62(50-37-32-46(33-38-50)43-18-6-2-7-19-43)51-23-14-22-47(40-51)44-20-8-3-9-21-44;1-4-16-40(17-5-1)42-22-14-24-46(34-42)59(55-29-13-12-28-51(55)54-36-44-20-10-11-21-45(44)37-56(54)59)47-30-32-52-53-33-31-50(39-58(53)61-57(52)38-47)60(48-25-8-3-9-26-48)49-27-15-23-43(35-49)41-18-6-2-7-19-41/h1-41H;1-39H. The van der Waals surface area contributed by atoms with Crippen LogP contribution in [0.5, 0.6) is 0 Å². The molecule has 0 fully saturated rings. The van der Waals surface area contributed by atoms with Gasteiger partial charge in [0.05, 0.1) is 21.9 Å². The van der Waals surface area contributed by atoms with Crippen molar-refractivity contribution in [3.63, 3.8) is 0 Å². The van der Waals surface area contributed by atoms with Crippen LogP contribution >= 0.6 is 11.3 Å². The zero-order valence-electron chi connectivity index (χ0n) is 67.9. The van der Waals surface area contributed by atoms with Crippen LogP contribution in [-0.2, 0) is 10.8 Å². The Morgan fingerprint density at radius 3 is 1.14 bits per heavy atom. The Kier molecular flexibility index (Phi) is 18.3. The van der Waals surface area contributed by atoms with Crippen LogP contribution in [0, 0.1) is 0 Å². The van der Waals surface area contributed by atoms with E-state index in [0.29, 0.717) is 0 Å². The number of thiophene rings is 1. The van der Waals surface area contributed by atoms with Gasteiger partial charge in [0.25, 0.3) is 0 Å². The molecule has 2 heterocycles. The monoisotopic (exact) mass is 1600 g/mol. The second-order valence-electron chi connectivity index (χ2n) is 32.5. The zero-order chi connectivity index (χ0) is 82.1. The molecule has 0 aliphatic heterocycles. The fourth-order valence-corrected chi connectivity index (χ4v) is 21.2. The zero-order valence-corrected chi connectivity index (χ0v) is 68.7. The number of hydrogen-bond acceptors (Lipinski definition) is 4. The third-order valence-corrected chi connectivity index (χ3v) is 26.8. The van der Waals surface area contributed by atoms with Gasteiger partial charge in [0.2, 0.25) is 0 Å². The van der Waals surface area contributed by atoms with Crippen molar-refractivity contribution in [3.05, 3.63) is 530 Å². The van der Waals surface area contributed by atoms with Crippen molar-refractivity contribution < 1.29 is 4.42 Å². The summed E-state index contributed by atoms with van der Waals surface area (Å²) < 4.78 is 9.37. The van der Waals surface area contributed by atoms with Crippen LogP contribution < -0.4 is 9.80 Å². The minimum atomic E-state index is -0.577. The van der Waals surface area contributed by atoms with Crippen molar-refractivity contribution >= 4 is 98.3 Å². The molecule has 0 radical (unpaired) electrons. The minimum Gasteiger partial charge on any atom is -0.456 e. The molecule has 0 spiro atoms. The lowest BCUT2D eigenvalue weighted by molar-refractivity contribution is 0.668. The molecule has 0 amide bonds. The third-order valence-electron chi connectivity index (χ3n) is 25.7. The van der Waals surface area contributed by atoms with Crippen LogP contribution in [0.1, 0.15) is 44.5 Å². The predicted octanol–water partition coefficient (Wildman–Crippen LogP) is 32.8. The summed E-state index contributed by atoms with van der Waals surface area (Å²) >= 11 is 1.89. The van der Waals surface area contributed by atoms with Crippen LogP contribution in [-0.4, -0.2) is 0 Å². The molecule has 22 aromatic rings. The fraction of sp³-hybridized carbons (Fsp3) is 0.0167. The molecule has 582 valence electrons. The average Bonchev–Trinajstić information content (AvgIpc) is 1.53. The molecule has 2 aliphatic carbocycles. The molecule has 3 nitrogen and oxygen atoms in total. The summed E-state index contributed by atoms with van der Waals surface area (Å²) in [6, 6.07) is 177. The molecular formula is C120H80N2OS. The van der Waals surface area contributed by atoms with E-state index in [2.05, 4.69) is 495 Å². The lowest BCUT2D eigenvalue weighted by atomic mass is 9.67. The smallest absolute Gasteiger partial charge is 0.137 e. The average molecular weight is 1600 g/mol. The quantitative estimate of drug-likeness (QED) is 0.102.